The molecular formula is C17H24O4. The zero-order valence-corrected chi connectivity index (χ0v) is 13.4. The molecule has 0 amide bonds. The average molecular weight is 292 g/mol. The van der Waals surface area contributed by atoms with Crippen LogP contribution in [0.4, 0.5) is 4.79 Å². The third kappa shape index (κ3) is 3.38. The van der Waals surface area contributed by atoms with Crippen molar-refractivity contribution in [1.82, 2.24) is 0 Å². The molecule has 0 aliphatic carbocycles. The van der Waals surface area contributed by atoms with Gasteiger partial charge in [-0.25, -0.2) is 4.79 Å². The Morgan fingerprint density at radius 2 is 1.90 bits per heavy atom. The van der Waals surface area contributed by atoms with Crippen LogP contribution in [-0.4, -0.2) is 24.0 Å². The van der Waals surface area contributed by atoms with Gasteiger partial charge in [0.15, 0.2) is 5.60 Å². The molecule has 116 valence electrons. The van der Waals surface area contributed by atoms with Crippen LogP contribution in [0, 0.1) is 5.92 Å². The van der Waals surface area contributed by atoms with E-state index in [-0.39, 0.29) is 12.0 Å². The van der Waals surface area contributed by atoms with E-state index >= 15 is 0 Å². The summed E-state index contributed by atoms with van der Waals surface area (Å²) in [5.74, 6) is 0.129. The number of hydrogen-bond acceptors (Lipinski definition) is 4. The molecule has 2 atom stereocenters. The van der Waals surface area contributed by atoms with Crippen LogP contribution in [0.25, 0.3) is 0 Å². The van der Waals surface area contributed by atoms with Gasteiger partial charge < -0.3 is 14.2 Å². The molecule has 1 saturated heterocycles. The Labute approximate surface area is 126 Å². The summed E-state index contributed by atoms with van der Waals surface area (Å²) in [4.78, 5) is 12.0. The molecule has 0 bridgehead atoms. The molecule has 1 aliphatic rings. The predicted molar refractivity (Wildman–Crippen MR) is 80.0 cm³/mol. The molecule has 2 rings (SSSR count). The summed E-state index contributed by atoms with van der Waals surface area (Å²) in [6.45, 7) is 9.92. The summed E-state index contributed by atoms with van der Waals surface area (Å²) in [5, 5.41) is 0. The molecule has 0 spiro atoms. The summed E-state index contributed by atoms with van der Waals surface area (Å²) in [6.07, 6.45) is -0.883. The van der Waals surface area contributed by atoms with E-state index in [0.717, 1.165) is 5.56 Å². The molecule has 0 aromatic heterocycles. The van der Waals surface area contributed by atoms with Crippen LogP contribution in [-0.2, 0) is 14.2 Å². The van der Waals surface area contributed by atoms with Gasteiger partial charge in [-0.15, -0.1) is 0 Å². The number of benzene rings is 1. The first-order chi connectivity index (χ1) is 9.74. The Morgan fingerprint density at radius 3 is 2.33 bits per heavy atom. The van der Waals surface area contributed by atoms with Gasteiger partial charge in [0.2, 0.25) is 0 Å². The lowest BCUT2D eigenvalue weighted by molar-refractivity contribution is -0.268. The molecule has 0 saturated carbocycles. The van der Waals surface area contributed by atoms with Crippen LogP contribution in [0.2, 0.25) is 0 Å². The fourth-order valence-corrected chi connectivity index (χ4v) is 2.43. The topological polar surface area (TPSA) is 44.8 Å². The quantitative estimate of drug-likeness (QED) is 0.787. The van der Waals surface area contributed by atoms with Gasteiger partial charge in [0.05, 0.1) is 6.61 Å². The van der Waals surface area contributed by atoms with E-state index in [1.807, 2.05) is 65.0 Å². The summed E-state index contributed by atoms with van der Waals surface area (Å²) in [7, 11) is 0. The number of carbonyl (C=O) groups is 1. The Bertz CT molecular complexity index is 489. The minimum Gasteiger partial charge on any atom is -0.429 e. The highest BCUT2D eigenvalue weighted by Gasteiger charge is 2.55. The second kappa shape index (κ2) is 5.68. The zero-order valence-electron chi connectivity index (χ0n) is 13.4. The molecule has 1 aliphatic heterocycles. The number of rotatable bonds is 3. The van der Waals surface area contributed by atoms with Crippen molar-refractivity contribution < 1.29 is 19.0 Å². The van der Waals surface area contributed by atoms with E-state index in [9.17, 15) is 4.79 Å². The van der Waals surface area contributed by atoms with Crippen LogP contribution < -0.4 is 0 Å². The fourth-order valence-electron chi connectivity index (χ4n) is 2.43. The normalized spacial score (nSPS) is 25.3. The third-order valence-electron chi connectivity index (χ3n) is 3.66. The van der Waals surface area contributed by atoms with Crippen LogP contribution in [0.1, 0.15) is 46.3 Å². The van der Waals surface area contributed by atoms with E-state index in [2.05, 4.69) is 0 Å². The van der Waals surface area contributed by atoms with E-state index in [1.54, 1.807) is 0 Å². The van der Waals surface area contributed by atoms with Crippen molar-refractivity contribution >= 4 is 6.16 Å². The van der Waals surface area contributed by atoms with Gasteiger partial charge in [-0.1, -0.05) is 44.2 Å². The maximum atomic E-state index is 12.0. The minimum absolute atomic E-state index is 0.129. The van der Waals surface area contributed by atoms with E-state index in [4.69, 9.17) is 14.2 Å². The average Bonchev–Trinajstić information content (AvgIpc) is 2.33. The SMILES string of the molecule is CC(C)[C@]1(OC(=O)OC(C)(C)C)CO[C@@H]1c1ccccc1. The van der Waals surface area contributed by atoms with Crippen LogP contribution in [0.15, 0.2) is 30.3 Å². The standard InChI is InChI=1S/C17H24O4/c1-12(2)17(21-15(18)20-16(3,4)5)11-19-14(17)13-9-7-6-8-10-13/h6-10,12,14H,11H2,1-5H3/t14-,17-/m1/s1. The van der Waals surface area contributed by atoms with Gasteiger partial charge in [-0.2, -0.15) is 0 Å². The van der Waals surface area contributed by atoms with Crippen LogP contribution in [0.5, 0.6) is 0 Å². The third-order valence-corrected chi connectivity index (χ3v) is 3.66. The Kier molecular flexibility index (Phi) is 4.28. The van der Waals surface area contributed by atoms with Gasteiger partial charge >= 0.3 is 6.16 Å². The largest absolute Gasteiger partial charge is 0.509 e. The number of ether oxygens (including phenoxy) is 3. The molecule has 0 N–H and O–H groups in total. The minimum atomic E-state index is -0.663. The molecule has 0 unspecified atom stereocenters. The van der Waals surface area contributed by atoms with Gasteiger partial charge in [0.1, 0.15) is 11.7 Å². The predicted octanol–water partition coefficient (Wildman–Crippen LogP) is 4.10. The molecule has 1 aromatic carbocycles. The van der Waals surface area contributed by atoms with Crippen molar-refractivity contribution in [2.24, 2.45) is 5.92 Å². The molecule has 21 heavy (non-hydrogen) atoms. The molecule has 1 aromatic rings. The Hall–Kier alpha value is -1.55. The number of hydrogen-bond donors (Lipinski definition) is 0. The summed E-state index contributed by atoms with van der Waals surface area (Å²) < 4.78 is 16.7. The van der Waals surface area contributed by atoms with E-state index in [0.29, 0.717) is 6.61 Å². The lowest BCUT2D eigenvalue weighted by atomic mass is 9.78. The summed E-state index contributed by atoms with van der Waals surface area (Å²) in [5.41, 5.74) is -0.216. The van der Waals surface area contributed by atoms with Gasteiger partial charge in [0.25, 0.3) is 0 Å². The Morgan fingerprint density at radius 1 is 1.29 bits per heavy atom. The monoisotopic (exact) mass is 292 g/mol. The first kappa shape index (κ1) is 15.8. The van der Waals surface area contributed by atoms with Crippen LogP contribution in [0.3, 0.4) is 0 Å². The van der Waals surface area contributed by atoms with Crippen molar-refractivity contribution in [1.29, 1.82) is 0 Å². The lowest BCUT2D eigenvalue weighted by Crippen LogP contribution is -2.59. The second-order valence-corrected chi connectivity index (χ2v) is 6.78. The summed E-state index contributed by atoms with van der Waals surface area (Å²) in [6, 6.07) is 9.83. The molecule has 4 heteroatoms. The highest BCUT2D eigenvalue weighted by atomic mass is 16.8. The molecule has 1 fully saturated rings. The van der Waals surface area contributed by atoms with Crippen molar-refractivity contribution in [2.45, 2.75) is 51.9 Å². The van der Waals surface area contributed by atoms with Crippen molar-refractivity contribution in [3.8, 4) is 0 Å². The van der Waals surface area contributed by atoms with Crippen molar-refractivity contribution in [3.05, 3.63) is 35.9 Å². The maximum Gasteiger partial charge on any atom is 0.509 e. The van der Waals surface area contributed by atoms with Crippen molar-refractivity contribution in [3.63, 3.8) is 0 Å². The first-order valence-corrected chi connectivity index (χ1v) is 7.33. The second-order valence-electron chi connectivity index (χ2n) is 6.78. The van der Waals surface area contributed by atoms with Crippen LogP contribution >= 0.6 is 0 Å². The molecular weight excluding hydrogens is 268 g/mol. The number of carbonyl (C=O) groups excluding carboxylic acids is 1. The maximum absolute atomic E-state index is 12.0. The molecule has 1 heterocycles. The Balaban J connectivity index is 2.17. The lowest BCUT2D eigenvalue weighted by Gasteiger charge is -2.50. The molecule has 0 radical (unpaired) electrons. The fraction of sp³-hybridized carbons (Fsp3) is 0.588. The van der Waals surface area contributed by atoms with E-state index < -0.39 is 17.4 Å². The first-order valence-electron chi connectivity index (χ1n) is 7.33. The smallest absolute Gasteiger partial charge is 0.429 e. The van der Waals surface area contributed by atoms with E-state index in [1.165, 1.54) is 0 Å². The van der Waals surface area contributed by atoms with Gasteiger partial charge in [-0.3, -0.25) is 0 Å². The highest BCUT2D eigenvalue weighted by molar-refractivity contribution is 5.61. The van der Waals surface area contributed by atoms with Gasteiger partial charge in [0, 0.05) is 0 Å². The van der Waals surface area contributed by atoms with Gasteiger partial charge in [-0.05, 0) is 32.3 Å². The zero-order chi connectivity index (χ0) is 15.7. The molecule has 4 nitrogen and oxygen atoms in total. The highest BCUT2D eigenvalue weighted by Crippen LogP contribution is 2.47. The summed E-state index contributed by atoms with van der Waals surface area (Å²) >= 11 is 0. The van der Waals surface area contributed by atoms with Crippen molar-refractivity contribution in [2.75, 3.05) is 6.61 Å².